The molecule has 0 aliphatic heterocycles. The molecule has 2 aromatic heterocycles. The van der Waals surface area contributed by atoms with Gasteiger partial charge in [0.25, 0.3) is 0 Å². The van der Waals surface area contributed by atoms with Crippen molar-refractivity contribution in [3.8, 4) is 0 Å². The van der Waals surface area contributed by atoms with Gasteiger partial charge in [-0.3, -0.25) is 4.40 Å². The van der Waals surface area contributed by atoms with Crippen molar-refractivity contribution in [2.45, 2.75) is 26.2 Å². The van der Waals surface area contributed by atoms with Gasteiger partial charge in [0.15, 0.2) is 0 Å². The third-order valence-electron chi connectivity index (χ3n) is 3.17. The van der Waals surface area contributed by atoms with Gasteiger partial charge in [0.2, 0.25) is 0 Å². The Kier molecular flexibility index (Phi) is 2.02. The van der Waals surface area contributed by atoms with Gasteiger partial charge >= 0.3 is 0 Å². The van der Waals surface area contributed by atoms with Gasteiger partial charge < -0.3 is 0 Å². The van der Waals surface area contributed by atoms with E-state index >= 15 is 0 Å². The fourth-order valence-electron chi connectivity index (χ4n) is 2.14. The van der Waals surface area contributed by atoms with E-state index < -0.39 is 0 Å². The molecule has 0 aliphatic carbocycles. The predicted octanol–water partition coefficient (Wildman–Crippen LogP) is 3.79. The third kappa shape index (κ3) is 1.60. The molecule has 0 fully saturated rings. The molecule has 0 atom stereocenters. The summed E-state index contributed by atoms with van der Waals surface area (Å²) in [5.74, 6) is 0. The Morgan fingerprint density at radius 3 is 2.65 bits per heavy atom. The summed E-state index contributed by atoms with van der Waals surface area (Å²) in [6.07, 6.45) is 2.06. The first-order valence-electron chi connectivity index (χ1n) is 5.93. The van der Waals surface area contributed by atoms with Gasteiger partial charge in [-0.25, -0.2) is 4.98 Å². The normalized spacial score (nSPS) is 12.4. The molecule has 0 aliphatic rings. The van der Waals surface area contributed by atoms with Crippen LogP contribution in [0.1, 0.15) is 26.3 Å². The maximum atomic E-state index is 4.65. The molecular weight excluding hydrogens is 208 g/mol. The van der Waals surface area contributed by atoms with Crippen molar-refractivity contribution in [1.29, 1.82) is 0 Å². The van der Waals surface area contributed by atoms with E-state index in [9.17, 15) is 0 Å². The van der Waals surface area contributed by atoms with Crippen LogP contribution in [0.15, 0.2) is 42.6 Å². The minimum atomic E-state index is 0.171. The molecule has 0 spiro atoms. The summed E-state index contributed by atoms with van der Waals surface area (Å²) in [4.78, 5) is 4.65. The Labute approximate surface area is 101 Å². The number of rotatable bonds is 0. The molecule has 2 heteroatoms. The Bertz CT molecular complexity index is 687. The minimum absolute atomic E-state index is 0.171. The molecule has 0 N–H and O–H groups in total. The van der Waals surface area contributed by atoms with Crippen LogP contribution in [0, 0.1) is 0 Å². The van der Waals surface area contributed by atoms with Gasteiger partial charge in [0.05, 0.1) is 11.0 Å². The molecule has 2 nitrogen and oxygen atoms in total. The number of fused-ring (bicyclic) bond motifs is 3. The van der Waals surface area contributed by atoms with Crippen LogP contribution < -0.4 is 0 Å². The van der Waals surface area contributed by atoms with Gasteiger partial charge in [-0.05, 0) is 35.2 Å². The number of hydrogen-bond donors (Lipinski definition) is 0. The van der Waals surface area contributed by atoms with Crippen LogP contribution in [-0.4, -0.2) is 9.38 Å². The van der Waals surface area contributed by atoms with E-state index in [1.807, 2.05) is 18.2 Å². The summed E-state index contributed by atoms with van der Waals surface area (Å²) < 4.78 is 2.13. The van der Waals surface area contributed by atoms with Gasteiger partial charge in [-0.2, -0.15) is 0 Å². The number of hydrogen-bond acceptors (Lipinski definition) is 1. The average molecular weight is 224 g/mol. The monoisotopic (exact) mass is 224 g/mol. The van der Waals surface area contributed by atoms with Gasteiger partial charge in [0.1, 0.15) is 5.65 Å². The van der Waals surface area contributed by atoms with E-state index in [1.54, 1.807) is 0 Å². The lowest BCUT2D eigenvalue weighted by atomic mass is 9.87. The average Bonchev–Trinajstić information content (AvgIpc) is 2.65. The summed E-state index contributed by atoms with van der Waals surface area (Å²) in [7, 11) is 0. The van der Waals surface area contributed by atoms with Crippen LogP contribution in [-0.2, 0) is 5.41 Å². The van der Waals surface area contributed by atoms with Crippen molar-refractivity contribution in [3.05, 3.63) is 48.2 Å². The molecule has 3 aromatic rings. The van der Waals surface area contributed by atoms with Crippen molar-refractivity contribution in [2.24, 2.45) is 0 Å². The molecule has 0 amide bonds. The molecule has 1 aromatic carbocycles. The zero-order chi connectivity index (χ0) is 12.0. The Balaban J connectivity index is 2.34. The molecule has 86 valence electrons. The van der Waals surface area contributed by atoms with Crippen molar-refractivity contribution >= 4 is 16.7 Å². The first-order valence-corrected chi connectivity index (χ1v) is 5.93. The highest BCUT2D eigenvalue weighted by Crippen LogP contribution is 2.26. The van der Waals surface area contributed by atoms with E-state index in [1.165, 1.54) is 11.1 Å². The maximum absolute atomic E-state index is 4.65. The second-order valence-corrected chi connectivity index (χ2v) is 5.49. The Hall–Kier alpha value is -1.83. The Morgan fingerprint density at radius 1 is 1.06 bits per heavy atom. The first kappa shape index (κ1) is 10.3. The summed E-state index contributed by atoms with van der Waals surface area (Å²) in [5.41, 5.74) is 4.75. The van der Waals surface area contributed by atoms with Crippen LogP contribution in [0.3, 0.4) is 0 Å². The second kappa shape index (κ2) is 3.33. The number of benzene rings is 1. The number of imidazole rings is 1. The largest absolute Gasteiger partial charge is 0.300 e. The molecule has 0 unspecified atom stereocenters. The highest BCUT2D eigenvalue weighted by molar-refractivity contribution is 5.81. The second-order valence-electron chi connectivity index (χ2n) is 5.49. The molecule has 0 saturated carbocycles. The number of pyridine rings is 1. The summed E-state index contributed by atoms with van der Waals surface area (Å²) >= 11 is 0. The van der Waals surface area contributed by atoms with Gasteiger partial charge in [-0.15, -0.1) is 0 Å². The van der Waals surface area contributed by atoms with Crippen LogP contribution >= 0.6 is 0 Å². The van der Waals surface area contributed by atoms with Gasteiger partial charge in [-0.1, -0.05) is 32.9 Å². The smallest absolute Gasteiger partial charge is 0.137 e. The van der Waals surface area contributed by atoms with Gasteiger partial charge in [0, 0.05) is 6.20 Å². The summed E-state index contributed by atoms with van der Waals surface area (Å²) in [6, 6.07) is 12.6. The summed E-state index contributed by atoms with van der Waals surface area (Å²) in [5, 5.41) is 0. The highest BCUT2D eigenvalue weighted by atomic mass is 15.0. The van der Waals surface area contributed by atoms with Crippen molar-refractivity contribution < 1.29 is 0 Å². The molecule has 2 heterocycles. The molecule has 3 rings (SSSR count). The lowest BCUT2D eigenvalue weighted by Gasteiger charge is -2.18. The number of nitrogens with zero attached hydrogens (tertiary/aromatic N) is 2. The maximum Gasteiger partial charge on any atom is 0.137 e. The minimum Gasteiger partial charge on any atom is -0.300 e. The standard InChI is InChI=1S/C15H16N2/c1-15(2,3)11-7-8-13-12(10-11)16-14-6-4-5-9-17(13)14/h4-10H,1-3H3. The van der Waals surface area contributed by atoms with Crippen molar-refractivity contribution in [3.63, 3.8) is 0 Å². The van der Waals surface area contributed by atoms with Crippen molar-refractivity contribution in [1.82, 2.24) is 9.38 Å². The lowest BCUT2D eigenvalue weighted by molar-refractivity contribution is 0.591. The molecule has 0 bridgehead atoms. The molecule has 17 heavy (non-hydrogen) atoms. The predicted molar refractivity (Wildman–Crippen MR) is 71.4 cm³/mol. The zero-order valence-corrected chi connectivity index (χ0v) is 10.4. The SMILES string of the molecule is CC(C)(C)c1ccc2c(c1)nc1ccccn12. The molecule has 0 saturated heterocycles. The number of aromatic nitrogens is 2. The van der Waals surface area contributed by atoms with E-state index in [-0.39, 0.29) is 5.41 Å². The van der Waals surface area contributed by atoms with Crippen LogP contribution in [0.25, 0.3) is 16.7 Å². The quantitative estimate of drug-likeness (QED) is 0.568. The van der Waals surface area contributed by atoms with E-state index in [0.29, 0.717) is 0 Å². The zero-order valence-electron chi connectivity index (χ0n) is 10.4. The lowest BCUT2D eigenvalue weighted by Crippen LogP contribution is -2.10. The van der Waals surface area contributed by atoms with Crippen LogP contribution in [0.4, 0.5) is 0 Å². The molecule has 0 radical (unpaired) electrons. The van der Waals surface area contributed by atoms with Crippen LogP contribution in [0.2, 0.25) is 0 Å². The highest BCUT2D eigenvalue weighted by Gasteiger charge is 2.15. The van der Waals surface area contributed by atoms with Crippen molar-refractivity contribution in [2.75, 3.05) is 0 Å². The summed E-state index contributed by atoms with van der Waals surface area (Å²) in [6.45, 7) is 6.68. The van der Waals surface area contributed by atoms with Crippen LogP contribution in [0.5, 0.6) is 0 Å². The third-order valence-corrected chi connectivity index (χ3v) is 3.17. The van der Waals surface area contributed by atoms with E-state index in [0.717, 1.165) is 11.2 Å². The Morgan fingerprint density at radius 2 is 1.88 bits per heavy atom. The molecular formula is C15H16N2. The fourth-order valence-corrected chi connectivity index (χ4v) is 2.14. The van der Waals surface area contributed by atoms with E-state index in [2.05, 4.69) is 54.6 Å². The first-order chi connectivity index (χ1) is 8.05. The topological polar surface area (TPSA) is 17.3 Å². The van der Waals surface area contributed by atoms with E-state index in [4.69, 9.17) is 0 Å². The fraction of sp³-hybridized carbons (Fsp3) is 0.267.